The average molecular weight is 364 g/mol. The second-order valence-electron chi connectivity index (χ2n) is 6.30. The lowest BCUT2D eigenvalue weighted by Crippen LogP contribution is -2.13. The zero-order chi connectivity index (χ0) is 19.8. The summed E-state index contributed by atoms with van der Waals surface area (Å²) in [6, 6.07) is 14.7. The molecule has 0 spiro atoms. The van der Waals surface area contributed by atoms with Crippen molar-refractivity contribution in [1.82, 2.24) is 0 Å². The monoisotopic (exact) mass is 364 g/mol. The van der Waals surface area contributed by atoms with Crippen LogP contribution in [0.25, 0.3) is 6.08 Å². The molecule has 2 aromatic carbocycles. The molecule has 1 amide bonds. The van der Waals surface area contributed by atoms with Crippen LogP contribution in [0, 0.1) is 18.3 Å². The van der Waals surface area contributed by atoms with E-state index in [2.05, 4.69) is 5.32 Å². The van der Waals surface area contributed by atoms with Gasteiger partial charge in [-0.05, 0) is 63.6 Å². The largest absolute Gasteiger partial charge is 0.490 e. The van der Waals surface area contributed by atoms with Crippen molar-refractivity contribution in [3.63, 3.8) is 0 Å². The van der Waals surface area contributed by atoms with E-state index in [0.29, 0.717) is 29.4 Å². The van der Waals surface area contributed by atoms with Crippen molar-refractivity contribution in [1.29, 1.82) is 5.26 Å². The molecule has 0 aliphatic heterocycles. The third-order valence-electron chi connectivity index (χ3n) is 3.62. The van der Waals surface area contributed by atoms with Crippen LogP contribution >= 0.6 is 0 Å². The fourth-order valence-electron chi connectivity index (χ4n) is 2.38. The summed E-state index contributed by atoms with van der Waals surface area (Å²) < 4.78 is 11.4. The zero-order valence-corrected chi connectivity index (χ0v) is 16.1. The summed E-state index contributed by atoms with van der Waals surface area (Å²) in [7, 11) is 0. The Morgan fingerprint density at radius 1 is 1.19 bits per heavy atom. The Morgan fingerprint density at radius 2 is 1.89 bits per heavy atom. The molecule has 0 saturated carbocycles. The first-order valence-corrected chi connectivity index (χ1v) is 8.86. The molecule has 0 saturated heterocycles. The van der Waals surface area contributed by atoms with Gasteiger partial charge in [0.15, 0.2) is 11.5 Å². The molecular formula is C22H24N2O3. The number of carbonyl (C=O) groups is 1. The second kappa shape index (κ2) is 9.44. The lowest BCUT2D eigenvalue weighted by atomic mass is 10.1. The maximum absolute atomic E-state index is 12.4. The molecular weight excluding hydrogens is 340 g/mol. The highest BCUT2D eigenvalue weighted by molar-refractivity contribution is 6.09. The van der Waals surface area contributed by atoms with Gasteiger partial charge >= 0.3 is 0 Å². The molecule has 0 aliphatic rings. The first-order chi connectivity index (χ1) is 12.9. The van der Waals surface area contributed by atoms with Crippen LogP contribution in [0.5, 0.6) is 11.5 Å². The molecule has 140 valence electrons. The van der Waals surface area contributed by atoms with Gasteiger partial charge in [-0.15, -0.1) is 0 Å². The van der Waals surface area contributed by atoms with Gasteiger partial charge in [-0.2, -0.15) is 5.26 Å². The van der Waals surface area contributed by atoms with Crippen LogP contribution in [-0.2, 0) is 4.79 Å². The van der Waals surface area contributed by atoms with Gasteiger partial charge in [-0.1, -0.05) is 23.8 Å². The molecule has 0 heterocycles. The Hall–Kier alpha value is -3.26. The Bertz CT molecular complexity index is 862. The van der Waals surface area contributed by atoms with Gasteiger partial charge in [-0.25, -0.2) is 0 Å². The van der Waals surface area contributed by atoms with Gasteiger partial charge in [0, 0.05) is 5.69 Å². The first kappa shape index (κ1) is 20.1. The molecule has 0 radical (unpaired) electrons. The number of rotatable bonds is 7. The third-order valence-corrected chi connectivity index (χ3v) is 3.62. The van der Waals surface area contributed by atoms with E-state index < -0.39 is 5.91 Å². The Kier molecular flexibility index (Phi) is 7.01. The lowest BCUT2D eigenvalue weighted by molar-refractivity contribution is -0.112. The molecule has 5 nitrogen and oxygen atoms in total. The number of nitrogens with one attached hydrogen (secondary N) is 1. The van der Waals surface area contributed by atoms with Gasteiger partial charge in [-0.3, -0.25) is 4.79 Å². The molecule has 0 unspecified atom stereocenters. The number of hydrogen-bond acceptors (Lipinski definition) is 4. The molecule has 1 N–H and O–H groups in total. The zero-order valence-electron chi connectivity index (χ0n) is 16.1. The summed E-state index contributed by atoms with van der Waals surface area (Å²) in [5.41, 5.74) is 2.43. The molecule has 0 fully saturated rings. The maximum atomic E-state index is 12.4. The topological polar surface area (TPSA) is 71.3 Å². The van der Waals surface area contributed by atoms with E-state index in [1.165, 1.54) is 6.08 Å². The van der Waals surface area contributed by atoms with Crippen LogP contribution in [0.15, 0.2) is 48.0 Å². The van der Waals surface area contributed by atoms with Crippen molar-refractivity contribution in [2.45, 2.75) is 33.8 Å². The maximum Gasteiger partial charge on any atom is 0.266 e. The molecule has 27 heavy (non-hydrogen) atoms. The number of amides is 1. The Morgan fingerprint density at radius 3 is 2.48 bits per heavy atom. The third kappa shape index (κ3) is 5.89. The highest BCUT2D eigenvalue weighted by Crippen LogP contribution is 2.30. The summed E-state index contributed by atoms with van der Waals surface area (Å²) in [5.74, 6) is 0.754. The summed E-state index contributed by atoms with van der Waals surface area (Å²) in [6.07, 6.45) is 1.55. The number of aryl methyl sites for hydroxylation is 1. The molecule has 0 bridgehead atoms. The van der Waals surface area contributed by atoms with Crippen LogP contribution in [0.1, 0.15) is 31.9 Å². The van der Waals surface area contributed by atoms with E-state index in [0.717, 1.165) is 5.56 Å². The molecule has 2 aromatic rings. The molecule has 2 rings (SSSR count). The van der Waals surface area contributed by atoms with Crippen molar-refractivity contribution in [2.24, 2.45) is 0 Å². The van der Waals surface area contributed by atoms with Gasteiger partial charge < -0.3 is 14.8 Å². The quantitative estimate of drug-likeness (QED) is 0.570. The molecule has 0 aromatic heterocycles. The number of anilines is 1. The van der Waals surface area contributed by atoms with Crippen molar-refractivity contribution < 1.29 is 14.3 Å². The molecule has 5 heteroatoms. The highest BCUT2D eigenvalue weighted by atomic mass is 16.5. The van der Waals surface area contributed by atoms with Crippen LogP contribution in [0.2, 0.25) is 0 Å². The highest BCUT2D eigenvalue weighted by Gasteiger charge is 2.12. The van der Waals surface area contributed by atoms with E-state index in [9.17, 15) is 10.1 Å². The minimum absolute atomic E-state index is 0.00977. The number of nitriles is 1. The van der Waals surface area contributed by atoms with Crippen LogP contribution < -0.4 is 14.8 Å². The molecule has 0 atom stereocenters. The van der Waals surface area contributed by atoms with E-state index >= 15 is 0 Å². The Labute approximate surface area is 160 Å². The predicted molar refractivity (Wildman–Crippen MR) is 107 cm³/mol. The van der Waals surface area contributed by atoms with Crippen LogP contribution in [-0.4, -0.2) is 18.6 Å². The SMILES string of the molecule is CCOc1cc(/C=C(\C#N)C(=O)Nc2ccc(C)cc2)ccc1OC(C)C. The number of hydrogen-bond donors (Lipinski definition) is 1. The van der Waals surface area contributed by atoms with E-state index in [-0.39, 0.29) is 11.7 Å². The van der Waals surface area contributed by atoms with Gasteiger partial charge in [0.05, 0.1) is 12.7 Å². The summed E-state index contributed by atoms with van der Waals surface area (Å²) in [5, 5.41) is 12.1. The minimum atomic E-state index is -0.457. The fraction of sp³-hybridized carbons (Fsp3) is 0.273. The van der Waals surface area contributed by atoms with E-state index in [1.54, 1.807) is 30.3 Å². The van der Waals surface area contributed by atoms with Crippen LogP contribution in [0.3, 0.4) is 0 Å². The Balaban J connectivity index is 2.25. The van der Waals surface area contributed by atoms with Gasteiger partial charge in [0.2, 0.25) is 0 Å². The first-order valence-electron chi connectivity index (χ1n) is 8.86. The lowest BCUT2D eigenvalue weighted by Gasteiger charge is -2.15. The minimum Gasteiger partial charge on any atom is -0.490 e. The standard InChI is InChI=1S/C22H24N2O3/c1-5-26-21-13-17(8-11-20(21)27-15(2)3)12-18(14-23)22(25)24-19-9-6-16(4)7-10-19/h6-13,15H,5H2,1-4H3,(H,24,25)/b18-12+. The fourth-order valence-corrected chi connectivity index (χ4v) is 2.38. The number of nitrogens with zero attached hydrogens (tertiary/aromatic N) is 1. The van der Waals surface area contributed by atoms with Crippen molar-refractivity contribution in [2.75, 3.05) is 11.9 Å². The van der Waals surface area contributed by atoms with E-state index in [4.69, 9.17) is 9.47 Å². The summed E-state index contributed by atoms with van der Waals surface area (Å²) in [6.45, 7) is 8.21. The number of benzene rings is 2. The van der Waals surface area contributed by atoms with Gasteiger partial charge in [0.25, 0.3) is 5.91 Å². The predicted octanol–water partition coefficient (Wildman–Crippen LogP) is 4.73. The average Bonchev–Trinajstić information content (AvgIpc) is 2.63. The van der Waals surface area contributed by atoms with Crippen molar-refractivity contribution in [3.05, 3.63) is 59.2 Å². The van der Waals surface area contributed by atoms with E-state index in [1.807, 2.05) is 45.9 Å². The van der Waals surface area contributed by atoms with Crippen LogP contribution in [0.4, 0.5) is 5.69 Å². The van der Waals surface area contributed by atoms with Crippen molar-refractivity contribution in [3.8, 4) is 17.6 Å². The number of carbonyl (C=O) groups excluding carboxylic acids is 1. The molecule has 0 aliphatic carbocycles. The number of ether oxygens (including phenoxy) is 2. The smallest absolute Gasteiger partial charge is 0.266 e. The van der Waals surface area contributed by atoms with Gasteiger partial charge in [0.1, 0.15) is 11.6 Å². The summed E-state index contributed by atoms with van der Waals surface area (Å²) in [4.78, 5) is 12.4. The normalized spacial score (nSPS) is 11.0. The summed E-state index contributed by atoms with van der Waals surface area (Å²) >= 11 is 0. The second-order valence-corrected chi connectivity index (χ2v) is 6.30. The van der Waals surface area contributed by atoms with Crippen molar-refractivity contribution >= 4 is 17.7 Å².